The maximum Gasteiger partial charge on any atom is 0.162 e. The number of halogens is 2. The van der Waals surface area contributed by atoms with Gasteiger partial charge in [-0.1, -0.05) is 42.0 Å². The van der Waals surface area contributed by atoms with Crippen LogP contribution in [0.25, 0.3) is 0 Å². The summed E-state index contributed by atoms with van der Waals surface area (Å²) in [6.45, 7) is 1.87. The van der Waals surface area contributed by atoms with Gasteiger partial charge < -0.3 is 10.8 Å². The summed E-state index contributed by atoms with van der Waals surface area (Å²) in [4.78, 5) is 0. The highest BCUT2D eigenvalue weighted by molar-refractivity contribution is 5.33. The van der Waals surface area contributed by atoms with Gasteiger partial charge in [-0.3, -0.25) is 0 Å². The standard InChI is InChI=1S/C17H19F2NO/c1-12-5-7-14(8-6-12)17(10-20,11-21)9-13-3-2-4-15(18)16(13)19/h2-8,21H,9-11,20H2,1H3. The summed E-state index contributed by atoms with van der Waals surface area (Å²) in [5, 5.41) is 9.82. The molecule has 3 N–H and O–H groups in total. The molecule has 0 spiro atoms. The molecule has 1 unspecified atom stereocenters. The lowest BCUT2D eigenvalue weighted by Crippen LogP contribution is -2.41. The van der Waals surface area contributed by atoms with Crippen molar-refractivity contribution in [3.8, 4) is 0 Å². The Labute approximate surface area is 123 Å². The lowest BCUT2D eigenvalue weighted by molar-refractivity contribution is 0.195. The third-order valence-corrected chi connectivity index (χ3v) is 3.92. The third kappa shape index (κ3) is 3.12. The average molecular weight is 291 g/mol. The molecule has 112 valence electrons. The minimum absolute atomic E-state index is 0.141. The van der Waals surface area contributed by atoms with Crippen LogP contribution in [-0.2, 0) is 11.8 Å². The van der Waals surface area contributed by atoms with Crippen LogP contribution in [0.15, 0.2) is 42.5 Å². The summed E-state index contributed by atoms with van der Waals surface area (Å²) < 4.78 is 27.2. The molecule has 0 aromatic heterocycles. The zero-order valence-corrected chi connectivity index (χ0v) is 11.9. The van der Waals surface area contributed by atoms with Crippen LogP contribution >= 0.6 is 0 Å². The highest BCUT2D eigenvalue weighted by Gasteiger charge is 2.31. The zero-order valence-electron chi connectivity index (χ0n) is 11.9. The van der Waals surface area contributed by atoms with E-state index in [1.165, 1.54) is 12.1 Å². The molecule has 0 aliphatic heterocycles. The van der Waals surface area contributed by atoms with Crippen molar-refractivity contribution in [2.45, 2.75) is 18.8 Å². The molecule has 0 heterocycles. The van der Waals surface area contributed by atoms with Gasteiger partial charge >= 0.3 is 0 Å². The Bertz CT molecular complexity index is 607. The molecule has 0 aliphatic rings. The Kier molecular flexibility index (Phi) is 4.70. The first-order chi connectivity index (χ1) is 10.0. The second-order valence-corrected chi connectivity index (χ2v) is 5.40. The Morgan fingerprint density at radius 3 is 2.33 bits per heavy atom. The largest absolute Gasteiger partial charge is 0.395 e. The second-order valence-electron chi connectivity index (χ2n) is 5.40. The van der Waals surface area contributed by atoms with Gasteiger partial charge in [0.2, 0.25) is 0 Å². The van der Waals surface area contributed by atoms with Crippen molar-refractivity contribution in [2.75, 3.05) is 13.2 Å². The zero-order chi connectivity index (χ0) is 15.5. The number of nitrogens with two attached hydrogens (primary N) is 1. The molecule has 1 atom stereocenters. The van der Waals surface area contributed by atoms with Crippen LogP contribution in [0, 0.1) is 18.6 Å². The minimum Gasteiger partial charge on any atom is -0.395 e. The van der Waals surface area contributed by atoms with Gasteiger partial charge in [-0.2, -0.15) is 0 Å². The number of aliphatic hydroxyl groups is 1. The van der Waals surface area contributed by atoms with E-state index in [4.69, 9.17) is 5.73 Å². The monoisotopic (exact) mass is 291 g/mol. The molecule has 0 radical (unpaired) electrons. The Hall–Kier alpha value is -1.78. The molecular formula is C17H19F2NO. The van der Waals surface area contributed by atoms with E-state index in [2.05, 4.69) is 0 Å². The van der Waals surface area contributed by atoms with E-state index >= 15 is 0 Å². The topological polar surface area (TPSA) is 46.2 Å². The van der Waals surface area contributed by atoms with Gasteiger partial charge in [-0.05, 0) is 30.5 Å². The van der Waals surface area contributed by atoms with Crippen molar-refractivity contribution in [1.29, 1.82) is 0 Å². The molecule has 2 aromatic rings. The number of hydrogen-bond acceptors (Lipinski definition) is 2. The third-order valence-electron chi connectivity index (χ3n) is 3.92. The van der Waals surface area contributed by atoms with E-state index in [0.29, 0.717) is 0 Å². The van der Waals surface area contributed by atoms with Gasteiger partial charge in [0, 0.05) is 12.0 Å². The average Bonchev–Trinajstić information content (AvgIpc) is 2.50. The van der Waals surface area contributed by atoms with Crippen LogP contribution in [0.3, 0.4) is 0 Å². The number of rotatable bonds is 5. The smallest absolute Gasteiger partial charge is 0.162 e. The van der Waals surface area contributed by atoms with Crippen LogP contribution in [-0.4, -0.2) is 18.3 Å². The fourth-order valence-corrected chi connectivity index (χ4v) is 2.46. The first kappa shape index (κ1) is 15.6. The summed E-state index contributed by atoms with van der Waals surface area (Å²) in [6, 6.07) is 11.6. The number of aliphatic hydroxyl groups excluding tert-OH is 1. The molecule has 4 heteroatoms. The van der Waals surface area contributed by atoms with Crippen molar-refractivity contribution in [1.82, 2.24) is 0 Å². The molecule has 2 nitrogen and oxygen atoms in total. The van der Waals surface area contributed by atoms with E-state index in [0.717, 1.165) is 17.2 Å². The minimum atomic E-state index is -0.889. The fourth-order valence-electron chi connectivity index (χ4n) is 2.46. The Morgan fingerprint density at radius 2 is 1.76 bits per heavy atom. The summed E-state index contributed by atoms with van der Waals surface area (Å²) in [7, 11) is 0. The molecule has 0 fully saturated rings. The lowest BCUT2D eigenvalue weighted by Gasteiger charge is -2.31. The first-order valence-corrected chi connectivity index (χ1v) is 6.83. The van der Waals surface area contributed by atoms with E-state index < -0.39 is 17.0 Å². The van der Waals surface area contributed by atoms with Gasteiger partial charge in [0.25, 0.3) is 0 Å². The number of benzene rings is 2. The van der Waals surface area contributed by atoms with Crippen molar-refractivity contribution < 1.29 is 13.9 Å². The van der Waals surface area contributed by atoms with Crippen molar-refractivity contribution >= 4 is 0 Å². The summed E-state index contributed by atoms with van der Waals surface area (Å²) in [5.74, 6) is -1.77. The van der Waals surface area contributed by atoms with Crippen LogP contribution in [0.5, 0.6) is 0 Å². The highest BCUT2D eigenvalue weighted by Crippen LogP contribution is 2.29. The van der Waals surface area contributed by atoms with Crippen molar-refractivity contribution in [3.05, 3.63) is 70.8 Å². The summed E-state index contributed by atoms with van der Waals surface area (Å²) in [5.41, 5.74) is 7.15. The van der Waals surface area contributed by atoms with E-state index in [-0.39, 0.29) is 25.1 Å². The molecule has 2 rings (SSSR count). The summed E-state index contributed by atoms with van der Waals surface area (Å²) in [6.07, 6.45) is 0.145. The SMILES string of the molecule is Cc1ccc(C(CN)(CO)Cc2cccc(F)c2F)cc1. The van der Waals surface area contributed by atoms with Crippen LogP contribution < -0.4 is 5.73 Å². The van der Waals surface area contributed by atoms with Gasteiger partial charge in [0.1, 0.15) is 0 Å². The van der Waals surface area contributed by atoms with Gasteiger partial charge in [-0.25, -0.2) is 8.78 Å². The van der Waals surface area contributed by atoms with Crippen molar-refractivity contribution in [2.24, 2.45) is 5.73 Å². The highest BCUT2D eigenvalue weighted by atomic mass is 19.2. The molecule has 0 saturated heterocycles. The van der Waals surface area contributed by atoms with Gasteiger partial charge in [0.15, 0.2) is 11.6 Å². The maximum atomic E-state index is 13.9. The normalized spacial score (nSPS) is 14.0. The van der Waals surface area contributed by atoms with Crippen LogP contribution in [0.1, 0.15) is 16.7 Å². The quantitative estimate of drug-likeness (QED) is 0.889. The number of aryl methyl sites for hydroxylation is 1. The first-order valence-electron chi connectivity index (χ1n) is 6.83. The Morgan fingerprint density at radius 1 is 1.10 bits per heavy atom. The van der Waals surface area contributed by atoms with Crippen molar-refractivity contribution in [3.63, 3.8) is 0 Å². The summed E-state index contributed by atoms with van der Waals surface area (Å²) >= 11 is 0. The predicted octanol–water partition coefficient (Wildman–Crippen LogP) is 2.70. The molecule has 0 saturated carbocycles. The van der Waals surface area contributed by atoms with E-state index in [9.17, 15) is 13.9 Å². The number of hydrogen-bond donors (Lipinski definition) is 2. The molecule has 0 bridgehead atoms. The van der Waals surface area contributed by atoms with Crippen LogP contribution in [0.4, 0.5) is 8.78 Å². The fraction of sp³-hybridized carbons (Fsp3) is 0.294. The molecular weight excluding hydrogens is 272 g/mol. The van der Waals surface area contributed by atoms with Gasteiger partial charge in [-0.15, -0.1) is 0 Å². The van der Waals surface area contributed by atoms with Gasteiger partial charge in [0.05, 0.1) is 6.61 Å². The molecule has 0 amide bonds. The predicted molar refractivity (Wildman–Crippen MR) is 79.1 cm³/mol. The van der Waals surface area contributed by atoms with E-state index in [1.54, 1.807) is 0 Å². The molecule has 21 heavy (non-hydrogen) atoms. The second kappa shape index (κ2) is 6.33. The van der Waals surface area contributed by atoms with E-state index in [1.807, 2.05) is 31.2 Å². The molecule has 2 aromatic carbocycles. The van der Waals surface area contributed by atoms with Crippen LogP contribution in [0.2, 0.25) is 0 Å². The maximum absolute atomic E-state index is 13.9. The lowest BCUT2D eigenvalue weighted by atomic mass is 9.76. The Balaban J connectivity index is 2.43. The molecule has 0 aliphatic carbocycles.